The molecular formula is C15H21F3N2O. The van der Waals surface area contributed by atoms with Crippen molar-refractivity contribution in [1.82, 2.24) is 10.2 Å². The van der Waals surface area contributed by atoms with Crippen molar-refractivity contribution in [1.29, 1.82) is 0 Å². The quantitative estimate of drug-likeness (QED) is 0.925. The van der Waals surface area contributed by atoms with Gasteiger partial charge in [0.2, 0.25) is 0 Å². The van der Waals surface area contributed by atoms with Crippen molar-refractivity contribution < 1.29 is 17.9 Å². The summed E-state index contributed by atoms with van der Waals surface area (Å²) in [6.45, 7) is 0.570. The van der Waals surface area contributed by atoms with Gasteiger partial charge in [0.15, 0.2) is 0 Å². The van der Waals surface area contributed by atoms with Crippen LogP contribution in [0.25, 0.3) is 0 Å². The van der Waals surface area contributed by atoms with E-state index < -0.39 is 12.7 Å². The molecule has 0 spiro atoms. The van der Waals surface area contributed by atoms with Gasteiger partial charge in [0.25, 0.3) is 0 Å². The maximum absolute atomic E-state index is 12.3. The third-order valence-corrected chi connectivity index (χ3v) is 3.81. The number of halogens is 3. The number of alkyl halides is 3. The number of piperidine rings is 1. The van der Waals surface area contributed by atoms with Gasteiger partial charge < -0.3 is 15.0 Å². The minimum absolute atomic E-state index is 0.141. The van der Waals surface area contributed by atoms with E-state index in [9.17, 15) is 13.2 Å². The van der Waals surface area contributed by atoms with E-state index in [1.807, 2.05) is 31.3 Å². The fraction of sp³-hybridized carbons (Fsp3) is 0.600. The highest BCUT2D eigenvalue weighted by Crippen LogP contribution is 2.28. The predicted octanol–water partition coefficient (Wildman–Crippen LogP) is 2.63. The molecule has 1 aliphatic rings. The molecule has 1 aromatic rings. The average molecular weight is 302 g/mol. The number of nitrogens with one attached hydrogen (secondary N) is 1. The van der Waals surface area contributed by atoms with Gasteiger partial charge in [-0.25, -0.2) is 0 Å². The standard InChI is InChI=1S/C15H21F3N2O/c1-20-8-12(11-3-5-14(21-2)6-4-11)7-13(9-20)19-10-15(16,17)18/h3-6,12-13,19H,7-10H2,1-2H3. The van der Waals surface area contributed by atoms with Crippen LogP contribution in [-0.2, 0) is 0 Å². The maximum atomic E-state index is 12.3. The van der Waals surface area contributed by atoms with Crippen LogP contribution >= 0.6 is 0 Å². The number of methoxy groups -OCH3 is 1. The Morgan fingerprint density at radius 2 is 1.90 bits per heavy atom. The predicted molar refractivity (Wildman–Crippen MR) is 75.7 cm³/mol. The molecule has 0 amide bonds. The van der Waals surface area contributed by atoms with E-state index in [4.69, 9.17) is 4.74 Å². The topological polar surface area (TPSA) is 24.5 Å². The minimum Gasteiger partial charge on any atom is -0.497 e. The van der Waals surface area contributed by atoms with Crippen LogP contribution in [0.4, 0.5) is 13.2 Å². The normalized spacial score (nSPS) is 24.0. The number of nitrogens with zero attached hydrogens (tertiary/aromatic N) is 1. The van der Waals surface area contributed by atoms with Gasteiger partial charge in [-0.2, -0.15) is 13.2 Å². The summed E-state index contributed by atoms with van der Waals surface area (Å²) in [4.78, 5) is 2.08. The number of likely N-dealkylation sites (N-methyl/N-ethyl adjacent to an activating group) is 1. The first-order valence-electron chi connectivity index (χ1n) is 7.00. The summed E-state index contributed by atoms with van der Waals surface area (Å²) < 4.78 is 42.1. The van der Waals surface area contributed by atoms with E-state index in [2.05, 4.69) is 10.2 Å². The van der Waals surface area contributed by atoms with Gasteiger partial charge in [0.05, 0.1) is 13.7 Å². The van der Waals surface area contributed by atoms with Crippen LogP contribution < -0.4 is 10.1 Å². The van der Waals surface area contributed by atoms with Crippen LogP contribution in [0.3, 0.4) is 0 Å². The van der Waals surface area contributed by atoms with Crippen molar-refractivity contribution >= 4 is 0 Å². The van der Waals surface area contributed by atoms with Gasteiger partial charge in [-0.1, -0.05) is 12.1 Å². The molecule has 1 aromatic carbocycles. The average Bonchev–Trinajstić information content (AvgIpc) is 2.44. The van der Waals surface area contributed by atoms with Crippen LogP contribution in [0.15, 0.2) is 24.3 Å². The number of hydrogen-bond donors (Lipinski definition) is 1. The Hall–Kier alpha value is -1.27. The number of likely N-dealkylation sites (tertiary alicyclic amines) is 1. The zero-order chi connectivity index (χ0) is 15.5. The number of ether oxygens (including phenoxy) is 1. The van der Waals surface area contributed by atoms with Gasteiger partial charge in [0.1, 0.15) is 5.75 Å². The largest absolute Gasteiger partial charge is 0.497 e. The Kier molecular flexibility index (Phi) is 5.11. The first-order chi connectivity index (χ1) is 9.87. The van der Waals surface area contributed by atoms with Crippen molar-refractivity contribution in [3.05, 3.63) is 29.8 Å². The first kappa shape index (κ1) is 16.1. The Labute approximate surface area is 123 Å². The van der Waals surface area contributed by atoms with E-state index in [1.54, 1.807) is 7.11 Å². The molecule has 1 N–H and O–H groups in total. The molecule has 1 saturated heterocycles. The highest BCUT2D eigenvalue weighted by atomic mass is 19.4. The highest BCUT2D eigenvalue weighted by Gasteiger charge is 2.31. The molecule has 0 radical (unpaired) electrons. The molecule has 6 heteroatoms. The Morgan fingerprint density at radius 1 is 1.24 bits per heavy atom. The van der Waals surface area contributed by atoms with Crippen LogP contribution in [0.1, 0.15) is 17.9 Å². The lowest BCUT2D eigenvalue weighted by Crippen LogP contribution is -2.49. The minimum atomic E-state index is -4.16. The van der Waals surface area contributed by atoms with Crippen molar-refractivity contribution in [2.75, 3.05) is 33.8 Å². The molecule has 2 rings (SSSR count). The summed E-state index contributed by atoms with van der Waals surface area (Å²) >= 11 is 0. The molecule has 118 valence electrons. The number of benzene rings is 1. The van der Waals surface area contributed by atoms with Gasteiger partial charge in [-0.05, 0) is 37.1 Å². The second-order valence-electron chi connectivity index (χ2n) is 5.62. The third kappa shape index (κ3) is 4.89. The van der Waals surface area contributed by atoms with E-state index >= 15 is 0 Å². The van der Waals surface area contributed by atoms with E-state index in [1.165, 1.54) is 0 Å². The van der Waals surface area contributed by atoms with Gasteiger partial charge in [-0.3, -0.25) is 0 Å². The second kappa shape index (κ2) is 6.66. The van der Waals surface area contributed by atoms with Crippen molar-refractivity contribution in [2.45, 2.75) is 24.6 Å². The maximum Gasteiger partial charge on any atom is 0.401 e. The number of hydrogen-bond acceptors (Lipinski definition) is 3. The zero-order valence-corrected chi connectivity index (χ0v) is 12.3. The van der Waals surface area contributed by atoms with Gasteiger partial charge >= 0.3 is 6.18 Å². The second-order valence-corrected chi connectivity index (χ2v) is 5.62. The fourth-order valence-electron chi connectivity index (χ4n) is 2.85. The zero-order valence-electron chi connectivity index (χ0n) is 12.3. The first-order valence-corrected chi connectivity index (χ1v) is 7.00. The molecule has 0 saturated carbocycles. The molecule has 1 fully saturated rings. The monoisotopic (exact) mass is 302 g/mol. The SMILES string of the molecule is COc1ccc(C2CC(NCC(F)(F)F)CN(C)C2)cc1. The lowest BCUT2D eigenvalue weighted by Gasteiger charge is -2.36. The van der Waals surface area contributed by atoms with Crippen LogP contribution in [-0.4, -0.2) is 50.9 Å². The van der Waals surface area contributed by atoms with Crippen molar-refractivity contribution in [3.8, 4) is 5.75 Å². The molecule has 0 aromatic heterocycles. The summed E-state index contributed by atoms with van der Waals surface area (Å²) in [7, 11) is 3.55. The molecule has 0 bridgehead atoms. The van der Waals surface area contributed by atoms with Gasteiger partial charge in [-0.15, -0.1) is 0 Å². The smallest absolute Gasteiger partial charge is 0.401 e. The van der Waals surface area contributed by atoms with Gasteiger partial charge in [0, 0.05) is 19.1 Å². The van der Waals surface area contributed by atoms with E-state index in [-0.39, 0.29) is 12.0 Å². The van der Waals surface area contributed by atoms with Crippen LogP contribution in [0.5, 0.6) is 5.75 Å². The lowest BCUT2D eigenvalue weighted by atomic mass is 9.88. The molecule has 1 aliphatic heterocycles. The molecular weight excluding hydrogens is 281 g/mol. The molecule has 0 aliphatic carbocycles. The molecule has 21 heavy (non-hydrogen) atoms. The summed E-state index contributed by atoms with van der Waals surface area (Å²) in [6.07, 6.45) is -3.45. The molecule has 1 heterocycles. The Morgan fingerprint density at radius 3 is 2.48 bits per heavy atom. The van der Waals surface area contributed by atoms with Crippen LogP contribution in [0, 0.1) is 0 Å². The Bertz CT molecular complexity index is 447. The molecule has 2 atom stereocenters. The van der Waals surface area contributed by atoms with E-state index in [0.29, 0.717) is 13.0 Å². The lowest BCUT2D eigenvalue weighted by molar-refractivity contribution is -0.127. The summed E-state index contributed by atoms with van der Waals surface area (Å²) in [5, 5.41) is 2.62. The van der Waals surface area contributed by atoms with Crippen LogP contribution in [0.2, 0.25) is 0 Å². The molecule has 2 unspecified atom stereocenters. The van der Waals surface area contributed by atoms with Crippen molar-refractivity contribution in [2.24, 2.45) is 0 Å². The summed E-state index contributed by atoms with van der Waals surface area (Å²) in [5.41, 5.74) is 1.14. The summed E-state index contributed by atoms with van der Waals surface area (Å²) in [6, 6.07) is 7.62. The summed E-state index contributed by atoms with van der Waals surface area (Å²) in [5.74, 6) is 1.02. The number of rotatable bonds is 4. The third-order valence-electron chi connectivity index (χ3n) is 3.81. The van der Waals surface area contributed by atoms with Crippen molar-refractivity contribution in [3.63, 3.8) is 0 Å². The van der Waals surface area contributed by atoms with E-state index in [0.717, 1.165) is 17.9 Å². The highest BCUT2D eigenvalue weighted by molar-refractivity contribution is 5.30. The Balaban J connectivity index is 1.99. The molecule has 3 nitrogen and oxygen atoms in total. The fourth-order valence-corrected chi connectivity index (χ4v) is 2.85.